The van der Waals surface area contributed by atoms with Gasteiger partial charge in [0.1, 0.15) is 0 Å². The molecule has 0 aliphatic rings. The fourth-order valence-corrected chi connectivity index (χ4v) is 0.229. The normalized spacial score (nSPS) is 7.22. The van der Waals surface area contributed by atoms with Gasteiger partial charge in [0.15, 0.2) is 0 Å². The first-order valence-electron chi connectivity index (χ1n) is 3.14. The highest BCUT2D eigenvalue weighted by Gasteiger charge is 1.97. The van der Waals surface area contributed by atoms with E-state index in [0.29, 0.717) is 11.5 Å². The average molecular weight is 133 g/mol. The zero-order valence-corrected chi connectivity index (χ0v) is 6.51. The number of rotatable bonds is 1. The Morgan fingerprint density at radius 1 is 1.56 bits per heavy atom. The monoisotopic (exact) mass is 133 g/mol. The van der Waals surface area contributed by atoms with E-state index in [1.54, 1.807) is 6.92 Å². The van der Waals surface area contributed by atoms with E-state index in [1.165, 1.54) is 7.05 Å². The maximum absolute atomic E-state index is 10.2. The van der Waals surface area contributed by atoms with Crippen molar-refractivity contribution in [2.24, 2.45) is 0 Å². The van der Waals surface area contributed by atoms with E-state index in [4.69, 9.17) is 5.21 Å². The summed E-state index contributed by atoms with van der Waals surface area (Å²) in [7, 11) is 1.31. The number of nitrogens with zero attached hydrogens (tertiary/aromatic N) is 1. The van der Waals surface area contributed by atoms with Crippen molar-refractivity contribution in [3.63, 3.8) is 0 Å². The molecule has 1 amide bonds. The molecule has 0 saturated heterocycles. The average Bonchev–Trinajstić information content (AvgIpc) is 1.91. The van der Waals surface area contributed by atoms with Crippen LogP contribution in [0.3, 0.4) is 0 Å². The summed E-state index contributed by atoms with van der Waals surface area (Å²) < 4.78 is 0. The van der Waals surface area contributed by atoms with Gasteiger partial charge in [-0.2, -0.15) is 0 Å². The Morgan fingerprint density at radius 2 is 1.89 bits per heavy atom. The van der Waals surface area contributed by atoms with Crippen molar-refractivity contribution >= 4 is 5.91 Å². The fraction of sp³-hybridized carbons (Fsp3) is 0.833. The smallest absolute Gasteiger partial charge is 0.245 e. The minimum atomic E-state index is -0.264. The Balaban J connectivity index is 0. The highest BCUT2D eigenvalue weighted by Crippen LogP contribution is 1.80. The Kier molecular flexibility index (Phi) is 9.29. The van der Waals surface area contributed by atoms with Crippen molar-refractivity contribution < 1.29 is 10.0 Å². The quantitative estimate of drug-likeness (QED) is 0.432. The van der Waals surface area contributed by atoms with Gasteiger partial charge >= 0.3 is 0 Å². The largest absolute Gasteiger partial charge is 0.286 e. The molecule has 0 radical (unpaired) electrons. The van der Waals surface area contributed by atoms with Crippen molar-refractivity contribution in [1.29, 1.82) is 0 Å². The predicted octanol–water partition coefficient (Wildman–Crippen LogP) is 1.27. The van der Waals surface area contributed by atoms with Crippen molar-refractivity contribution in [3.05, 3.63) is 0 Å². The van der Waals surface area contributed by atoms with Crippen LogP contribution in [0.15, 0.2) is 0 Å². The summed E-state index contributed by atoms with van der Waals surface area (Å²) >= 11 is 0. The first-order valence-corrected chi connectivity index (χ1v) is 3.14. The molecular weight excluding hydrogens is 118 g/mol. The van der Waals surface area contributed by atoms with E-state index in [-0.39, 0.29) is 5.91 Å². The van der Waals surface area contributed by atoms with Gasteiger partial charge in [-0.05, 0) is 0 Å². The van der Waals surface area contributed by atoms with Crippen LogP contribution in [0.5, 0.6) is 0 Å². The molecule has 3 heteroatoms. The van der Waals surface area contributed by atoms with E-state index in [9.17, 15) is 4.79 Å². The van der Waals surface area contributed by atoms with Crippen LogP contribution in [0.4, 0.5) is 0 Å². The van der Waals surface area contributed by atoms with Crippen LogP contribution in [-0.2, 0) is 4.79 Å². The molecule has 0 aliphatic heterocycles. The number of carbonyl (C=O) groups is 1. The lowest BCUT2D eigenvalue weighted by atomic mass is 10.5. The second-order valence-electron chi connectivity index (χ2n) is 1.27. The number of hydroxylamine groups is 2. The molecule has 0 aromatic heterocycles. The molecule has 0 bridgehead atoms. The summed E-state index contributed by atoms with van der Waals surface area (Å²) in [4.78, 5) is 10.2. The van der Waals surface area contributed by atoms with Gasteiger partial charge in [0, 0.05) is 13.5 Å². The van der Waals surface area contributed by atoms with Gasteiger partial charge in [0.25, 0.3) is 0 Å². The van der Waals surface area contributed by atoms with E-state index in [0.717, 1.165) is 0 Å². The number of amides is 1. The Hall–Kier alpha value is -0.570. The molecule has 1 N–H and O–H groups in total. The van der Waals surface area contributed by atoms with Crippen LogP contribution in [0.1, 0.15) is 27.2 Å². The standard InChI is InChI=1S/C4H9NO2.C2H6/c1-3-4(6)5(2)7;1-2/h7H,3H2,1-2H3;1-2H3. The predicted molar refractivity (Wildman–Crippen MR) is 36.2 cm³/mol. The molecule has 0 atom stereocenters. The maximum atomic E-state index is 10.2. The number of hydrogen-bond acceptors (Lipinski definition) is 2. The first-order chi connectivity index (χ1) is 4.18. The van der Waals surface area contributed by atoms with Gasteiger partial charge in [-0.3, -0.25) is 10.0 Å². The van der Waals surface area contributed by atoms with Crippen molar-refractivity contribution in [3.8, 4) is 0 Å². The Labute approximate surface area is 56.2 Å². The molecule has 0 rings (SSSR count). The SMILES string of the molecule is CC.CCC(=O)N(C)O. The molecule has 0 saturated carbocycles. The summed E-state index contributed by atoms with van der Waals surface area (Å²) in [6, 6.07) is 0. The van der Waals surface area contributed by atoms with Crippen molar-refractivity contribution in [1.82, 2.24) is 5.06 Å². The van der Waals surface area contributed by atoms with Crippen LogP contribution >= 0.6 is 0 Å². The second kappa shape index (κ2) is 7.43. The first kappa shape index (κ1) is 11.3. The minimum absolute atomic E-state index is 0.264. The molecule has 0 spiro atoms. The van der Waals surface area contributed by atoms with Gasteiger partial charge < -0.3 is 0 Å². The molecule has 0 aromatic carbocycles. The van der Waals surface area contributed by atoms with E-state index < -0.39 is 0 Å². The maximum Gasteiger partial charge on any atom is 0.245 e. The molecule has 9 heavy (non-hydrogen) atoms. The number of hydrogen-bond donors (Lipinski definition) is 1. The number of carbonyl (C=O) groups excluding carboxylic acids is 1. The highest BCUT2D eigenvalue weighted by molar-refractivity contribution is 5.74. The second-order valence-corrected chi connectivity index (χ2v) is 1.27. The van der Waals surface area contributed by atoms with Crippen molar-refractivity contribution in [2.45, 2.75) is 27.2 Å². The van der Waals surface area contributed by atoms with E-state index in [1.807, 2.05) is 13.8 Å². The van der Waals surface area contributed by atoms with Crippen LogP contribution in [0, 0.1) is 0 Å². The zero-order valence-electron chi connectivity index (χ0n) is 6.51. The van der Waals surface area contributed by atoms with E-state index in [2.05, 4.69) is 0 Å². The van der Waals surface area contributed by atoms with Crippen molar-refractivity contribution in [2.75, 3.05) is 7.05 Å². The third-order valence-electron chi connectivity index (χ3n) is 0.663. The van der Waals surface area contributed by atoms with Gasteiger partial charge in [0.05, 0.1) is 0 Å². The third-order valence-corrected chi connectivity index (χ3v) is 0.663. The minimum Gasteiger partial charge on any atom is -0.286 e. The summed E-state index contributed by atoms with van der Waals surface area (Å²) in [5.74, 6) is -0.264. The Morgan fingerprint density at radius 3 is 1.89 bits per heavy atom. The molecule has 0 unspecified atom stereocenters. The lowest BCUT2D eigenvalue weighted by Crippen LogP contribution is -2.20. The van der Waals surface area contributed by atoms with Crippen LogP contribution < -0.4 is 0 Å². The van der Waals surface area contributed by atoms with Crippen LogP contribution in [0.2, 0.25) is 0 Å². The van der Waals surface area contributed by atoms with Crippen LogP contribution in [0.25, 0.3) is 0 Å². The Bertz CT molecular complexity index is 71.5. The molecule has 56 valence electrons. The lowest BCUT2D eigenvalue weighted by molar-refractivity contribution is -0.158. The molecule has 0 aromatic rings. The molecule has 3 nitrogen and oxygen atoms in total. The van der Waals surface area contributed by atoms with Crippen LogP contribution in [-0.4, -0.2) is 23.2 Å². The summed E-state index contributed by atoms with van der Waals surface area (Å²) in [6.45, 7) is 5.69. The third kappa shape index (κ3) is 7.43. The summed E-state index contributed by atoms with van der Waals surface area (Å²) in [5.41, 5.74) is 0. The zero-order chi connectivity index (χ0) is 7.86. The lowest BCUT2D eigenvalue weighted by Gasteiger charge is -2.03. The highest BCUT2D eigenvalue weighted by atomic mass is 16.5. The topological polar surface area (TPSA) is 40.5 Å². The summed E-state index contributed by atoms with van der Waals surface area (Å²) in [6.07, 6.45) is 0.354. The van der Waals surface area contributed by atoms with Gasteiger partial charge in [-0.15, -0.1) is 0 Å². The summed E-state index contributed by atoms with van der Waals surface area (Å²) in [5, 5.41) is 8.89. The van der Waals surface area contributed by atoms with Gasteiger partial charge in [-0.1, -0.05) is 20.8 Å². The molecule has 0 heterocycles. The van der Waals surface area contributed by atoms with Gasteiger partial charge in [0.2, 0.25) is 5.91 Å². The van der Waals surface area contributed by atoms with E-state index >= 15 is 0 Å². The molecule has 0 fully saturated rings. The molecular formula is C6H15NO2. The molecule has 0 aliphatic carbocycles. The van der Waals surface area contributed by atoms with Gasteiger partial charge in [-0.25, -0.2) is 5.06 Å². The fourth-order valence-electron chi connectivity index (χ4n) is 0.229.